The number of hydrogen-bond acceptors (Lipinski definition) is 3. The van der Waals surface area contributed by atoms with E-state index in [1.54, 1.807) is 4.90 Å². The molecule has 0 spiro atoms. The minimum absolute atomic E-state index is 0.0871. The molecule has 0 unspecified atom stereocenters. The lowest BCUT2D eigenvalue weighted by Gasteiger charge is -2.33. The van der Waals surface area contributed by atoms with Crippen LogP contribution in [0.5, 0.6) is 0 Å². The number of benzene rings is 1. The normalized spacial score (nSPS) is 21.7. The van der Waals surface area contributed by atoms with Crippen LogP contribution in [0.2, 0.25) is 0 Å². The Morgan fingerprint density at radius 3 is 2.52 bits per heavy atom. The number of urea groups is 1. The molecule has 2 fully saturated rings. The van der Waals surface area contributed by atoms with E-state index in [1.165, 1.54) is 5.56 Å². The Bertz CT molecular complexity index is 622. The first-order valence-corrected chi connectivity index (χ1v) is 10.2. The summed E-state index contributed by atoms with van der Waals surface area (Å²) in [5.41, 5.74) is 6.78. The summed E-state index contributed by atoms with van der Waals surface area (Å²) in [5.74, 6) is 0.114. The van der Waals surface area contributed by atoms with E-state index in [0.29, 0.717) is 13.1 Å². The van der Waals surface area contributed by atoms with Crippen LogP contribution >= 0.6 is 0 Å². The molecule has 6 heteroatoms. The quantitative estimate of drug-likeness (QED) is 0.859. The number of hydrogen-bond donors (Lipinski definition) is 1. The third-order valence-electron chi connectivity index (χ3n) is 5.77. The SMILES string of the molecule is NC(=O)N1CCC[C@H](C(=O)N2CCCN(CCCc3ccccc3)CC2)C1. The molecule has 1 aromatic carbocycles. The van der Waals surface area contributed by atoms with Gasteiger partial charge in [0.1, 0.15) is 0 Å². The Labute approximate surface area is 162 Å². The average Bonchev–Trinajstić information content (AvgIpc) is 2.94. The zero-order valence-electron chi connectivity index (χ0n) is 16.2. The zero-order chi connectivity index (χ0) is 19.1. The molecule has 2 aliphatic heterocycles. The third-order valence-corrected chi connectivity index (χ3v) is 5.77. The average molecular weight is 373 g/mol. The molecular formula is C21H32N4O2. The van der Waals surface area contributed by atoms with E-state index in [0.717, 1.165) is 64.8 Å². The van der Waals surface area contributed by atoms with Crippen molar-refractivity contribution in [1.29, 1.82) is 0 Å². The summed E-state index contributed by atoms with van der Waals surface area (Å²) < 4.78 is 0. The van der Waals surface area contributed by atoms with Crippen LogP contribution in [0.25, 0.3) is 0 Å². The van der Waals surface area contributed by atoms with E-state index in [9.17, 15) is 9.59 Å². The van der Waals surface area contributed by atoms with E-state index < -0.39 is 6.03 Å². The predicted molar refractivity (Wildman–Crippen MR) is 106 cm³/mol. The van der Waals surface area contributed by atoms with E-state index in [1.807, 2.05) is 4.90 Å². The summed E-state index contributed by atoms with van der Waals surface area (Å²) in [5, 5.41) is 0. The molecule has 0 saturated carbocycles. The molecule has 3 amide bonds. The van der Waals surface area contributed by atoms with Gasteiger partial charge < -0.3 is 20.4 Å². The Hall–Kier alpha value is -2.08. The summed E-state index contributed by atoms with van der Waals surface area (Å²) in [6.45, 7) is 5.83. The van der Waals surface area contributed by atoms with Crippen LogP contribution in [0.15, 0.2) is 30.3 Å². The topological polar surface area (TPSA) is 69.9 Å². The van der Waals surface area contributed by atoms with Crippen LogP contribution in [0.3, 0.4) is 0 Å². The first-order chi connectivity index (χ1) is 13.1. The second kappa shape index (κ2) is 9.74. The van der Waals surface area contributed by atoms with Gasteiger partial charge in [-0.05, 0) is 50.8 Å². The number of nitrogens with two attached hydrogens (primary N) is 1. The van der Waals surface area contributed by atoms with E-state index >= 15 is 0 Å². The summed E-state index contributed by atoms with van der Waals surface area (Å²) >= 11 is 0. The Balaban J connectivity index is 1.43. The van der Waals surface area contributed by atoms with Crippen molar-refractivity contribution in [3.8, 4) is 0 Å². The molecule has 3 rings (SSSR count). The number of nitrogens with zero attached hydrogens (tertiary/aromatic N) is 3. The summed E-state index contributed by atoms with van der Waals surface area (Å²) in [7, 11) is 0. The molecule has 0 radical (unpaired) electrons. The van der Waals surface area contributed by atoms with Gasteiger partial charge >= 0.3 is 6.03 Å². The lowest BCUT2D eigenvalue weighted by Crippen LogP contribution is -2.48. The molecule has 2 N–H and O–H groups in total. The van der Waals surface area contributed by atoms with Gasteiger partial charge in [-0.1, -0.05) is 30.3 Å². The molecule has 2 saturated heterocycles. The Morgan fingerprint density at radius 1 is 0.963 bits per heavy atom. The van der Waals surface area contributed by atoms with Crippen LogP contribution in [0.4, 0.5) is 4.79 Å². The van der Waals surface area contributed by atoms with Crippen LogP contribution in [-0.4, -0.2) is 72.5 Å². The standard InChI is InChI=1S/C21H32N4O2/c22-21(27)25-13-5-10-19(17-25)20(26)24-14-6-12-23(15-16-24)11-4-9-18-7-2-1-3-8-18/h1-3,7-8,19H,4-6,9-17H2,(H2,22,27)/t19-/m0/s1. The summed E-state index contributed by atoms with van der Waals surface area (Å²) in [6.07, 6.45) is 4.99. The second-order valence-corrected chi connectivity index (χ2v) is 7.73. The molecule has 0 aliphatic carbocycles. The maximum atomic E-state index is 12.9. The number of likely N-dealkylation sites (tertiary alicyclic amines) is 1. The van der Waals surface area contributed by atoms with Gasteiger partial charge in [0, 0.05) is 32.7 Å². The van der Waals surface area contributed by atoms with E-state index in [-0.39, 0.29) is 11.8 Å². The number of primary amides is 1. The number of piperidine rings is 1. The molecule has 1 aromatic rings. The number of rotatable bonds is 5. The van der Waals surface area contributed by atoms with E-state index in [4.69, 9.17) is 5.73 Å². The van der Waals surface area contributed by atoms with Gasteiger partial charge in [0.2, 0.25) is 5.91 Å². The van der Waals surface area contributed by atoms with Gasteiger partial charge in [0.25, 0.3) is 0 Å². The van der Waals surface area contributed by atoms with Crippen molar-refractivity contribution in [2.45, 2.75) is 32.1 Å². The van der Waals surface area contributed by atoms with Crippen LogP contribution in [0, 0.1) is 5.92 Å². The number of carbonyl (C=O) groups excluding carboxylic acids is 2. The zero-order valence-corrected chi connectivity index (χ0v) is 16.2. The van der Waals surface area contributed by atoms with Crippen LogP contribution < -0.4 is 5.73 Å². The first-order valence-electron chi connectivity index (χ1n) is 10.2. The third kappa shape index (κ3) is 5.70. The maximum Gasteiger partial charge on any atom is 0.314 e. The number of carbonyl (C=O) groups is 2. The van der Waals surface area contributed by atoms with Crippen molar-refractivity contribution in [2.24, 2.45) is 11.7 Å². The molecular weight excluding hydrogens is 340 g/mol. The molecule has 148 valence electrons. The second-order valence-electron chi connectivity index (χ2n) is 7.73. The van der Waals surface area contributed by atoms with Gasteiger partial charge in [-0.3, -0.25) is 4.79 Å². The fourth-order valence-electron chi connectivity index (χ4n) is 4.20. The van der Waals surface area contributed by atoms with Gasteiger partial charge in [0.05, 0.1) is 5.92 Å². The Kier molecular flexibility index (Phi) is 7.10. The van der Waals surface area contributed by atoms with Crippen LogP contribution in [-0.2, 0) is 11.2 Å². The molecule has 0 bridgehead atoms. The van der Waals surface area contributed by atoms with Gasteiger partial charge in [-0.2, -0.15) is 0 Å². The highest BCUT2D eigenvalue weighted by atomic mass is 16.2. The largest absolute Gasteiger partial charge is 0.351 e. The van der Waals surface area contributed by atoms with Crippen molar-refractivity contribution in [1.82, 2.24) is 14.7 Å². The highest BCUT2D eigenvalue weighted by molar-refractivity contribution is 5.80. The molecule has 1 atom stereocenters. The van der Waals surface area contributed by atoms with Crippen molar-refractivity contribution in [3.63, 3.8) is 0 Å². The van der Waals surface area contributed by atoms with Gasteiger partial charge in [0.15, 0.2) is 0 Å². The lowest BCUT2D eigenvalue weighted by atomic mass is 9.96. The molecule has 0 aromatic heterocycles. The number of aryl methyl sites for hydroxylation is 1. The molecule has 6 nitrogen and oxygen atoms in total. The predicted octanol–water partition coefficient (Wildman–Crippen LogP) is 1.94. The minimum atomic E-state index is -0.409. The monoisotopic (exact) mass is 372 g/mol. The highest BCUT2D eigenvalue weighted by Crippen LogP contribution is 2.20. The van der Waals surface area contributed by atoms with Crippen molar-refractivity contribution in [3.05, 3.63) is 35.9 Å². The fourth-order valence-corrected chi connectivity index (χ4v) is 4.20. The van der Waals surface area contributed by atoms with Crippen molar-refractivity contribution < 1.29 is 9.59 Å². The fraction of sp³-hybridized carbons (Fsp3) is 0.619. The Morgan fingerprint density at radius 2 is 1.74 bits per heavy atom. The molecule has 2 heterocycles. The smallest absolute Gasteiger partial charge is 0.314 e. The van der Waals surface area contributed by atoms with Crippen molar-refractivity contribution >= 4 is 11.9 Å². The first kappa shape index (κ1) is 19.7. The van der Waals surface area contributed by atoms with Crippen LogP contribution in [0.1, 0.15) is 31.2 Å². The van der Waals surface area contributed by atoms with E-state index in [2.05, 4.69) is 35.2 Å². The van der Waals surface area contributed by atoms with Crippen molar-refractivity contribution in [2.75, 3.05) is 45.8 Å². The summed E-state index contributed by atoms with van der Waals surface area (Å²) in [6, 6.07) is 10.2. The molecule has 27 heavy (non-hydrogen) atoms. The molecule has 2 aliphatic rings. The maximum absolute atomic E-state index is 12.9. The lowest BCUT2D eigenvalue weighted by molar-refractivity contribution is -0.136. The van der Waals surface area contributed by atoms with Gasteiger partial charge in [-0.25, -0.2) is 4.79 Å². The summed E-state index contributed by atoms with van der Waals surface area (Å²) in [4.78, 5) is 30.4. The van der Waals surface area contributed by atoms with Gasteiger partial charge in [-0.15, -0.1) is 0 Å². The minimum Gasteiger partial charge on any atom is -0.351 e. The highest BCUT2D eigenvalue weighted by Gasteiger charge is 2.31. The number of amides is 3.